The van der Waals surface area contributed by atoms with Gasteiger partial charge in [-0.25, -0.2) is 0 Å². The number of hydrogen-bond acceptors (Lipinski definition) is 4. The Morgan fingerprint density at radius 3 is 2.80 bits per heavy atom. The van der Waals surface area contributed by atoms with Crippen LogP contribution in [0.3, 0.4) is 0 Å². The molecule has 0 aliphatic carbocycles. The van der Waals surface area contributed by atoms with Crippen LogP contribution in [0.1, 0.15) is 29.3 Å². The summed E-state index contributed by atoms with van der Waals surface area (Å²) in [6.45, 7) is 4.74. The Morgan fingerprint density at radius 2 is 2.20 bits per heavy atom. The van der Waals surface area contributed by atoms with E-state index in [2.05, 4.69) is 0 Å². The number of amides is 1. The number of rotatable bonds is 2. The lowest BCUT2D eigenvalue weighted by Gasteiger charge is -2.35. The highest BCUT2D eigenvalue weighted by molar-refractivity contribution is 5.98. The van der Waals surface area contributed by atoms with Crippen LogP contribution in [0.25, 0.3) is 0 Å². The topological polar surface area (TPSA) is 89.5 Å². The molecule has 6 heteroatoms. The smallest absolute Gasteiger partial charge is 0.285 e. The second-order valence-electron chi connectivity index (χ2n) is 5.41. The second-order valence-corrected chi connectivity index (χ2v) is 5.41. The fourth-order valence-corrected chi connectivity index (χ4v) is 2.59. The summed E-state index contributed by atoms with van der Waals surface area (Å²) in [4.78, 5) is 24.8. The molecule has 1 aromatic carbocycles. The van der Waals surface area contributed by atoms with E-state index >= 15 is 0 Å². The number of nitro benzene ring substituents is 1. The zero-order valence-electron chi connectivity index (χ0n) is 11.7. The molecular formula is C14H19N3O3. The number of nitro groups is 1. The number of carbonyl (C=O) groups excluding carboxylic acids is 1. The highest BCUT2D eigenvalue weighted by Crippen LogP contribution is 2.26. The number of hydrogen-bond donors (Lipinski definition) is 1. The first-order chi connectivity index (χ1) is 9.41. The minimum absolute atomic E-state index is 0.0894. The van der Waals surface area contributed by atoms with Crippen molar-refractivity contribution in [1.82, 2.24) is 4.90 Å². The van der Waals surface area contributed by atoms with Crippen LogP contribution in [0.4, 0.5) is 5.69 Å². The first kappa shape index (κ1) is 14.5. The van der Waals surface area contributed by atoms with Crippen LogP contribution in [0.2, 0.25) is 0 Å². The van der Waals surface area contributed by atoms with Gasteiger partial charge in [0.05, 0.1) is 4.92 Å². The van der Waals surface area contributed by atoms with Crippen molar-refractivity contribution in [2.45, 2.75) is 26.3 Å². The van der Waals surface area contributed by atoms with E-state index < -0.39 is 4.92 Å². The number of para-hydroxylation sites is 1. The summed E-state index contributed by atoms with van der Waals surface area (Å²) in [5, 5.41) is 11.2. The maximum absolute atomic E-state index is 12.5. The van der Waals surface area contributed by atoms with Gasteiger partial charge in [-0.3, -0.25) is 14.9 Å². The fourth-order valence-electron chi connectivity index (χ4n) is 2.59. The van der Waals surface area contributed by atoms with Crippen molar-refractivity contribution in [3.63, 3.8) is 0 Å². The van der Waals surface area contributed by atoms with Crippen LogP contribution in [0.5, 0.6) is 0 Å². The molecule has 0 aromatic heterocycles. The van der Waals surface area contributed by atoms with Gasteiger partial charge in [-0.2, -0.15) is 0 Å². The van der Waals surface area contributed by atoms with Crippen LogP contribution in [-0.2, 0) is 0 Å². The normalized spacial score (nSPS) is 22.6. The summed E-state index contributed by atoms with van der Waals surface area (Å²) in [5.74, 6) is -0.0734. The van der Waals surface area contributed by atoms with E-state index in [-0.39, 0.29) is 29.1 Å². The molecule has 1 aromatic rings. The van der Waals surface area contributed by atoms with Crippen molar-refractivity contribution in [3.05, 3.63) is 39.4 Å². The molecule has 1 heterocycles. The third-order valence-corrected chi connectivity index (χ3v) is 3.91. The Bertz CT molecular complexity index is 544. The van der Waals surface area contributed by atoms with Gasteiger partial charge in [0.1, 0.15) is 5.56 Å². The van der Waals surface area contributed by atoms with Crippen LogP contribution in [0, 0.1) is 23.0 Å². The van der Waals surface area contributed by atoms with Crippen molar-refractivity contribution in [2.75, 3.05) is 13.1 Å². The number of likely N-dealkylation sites (tertiary alicyclic amines) is 1. The number of benzene rings is 1. The van der Waals surface area contributed by atoms with E-state index in [9.17, 15) is 14.9 Å². The summed E-state index contributed by atoms with van der Waals surface area (Å²) in [6.07, 6.45) is 0.729. The van der Waals surface area contributed by atoms with Gasteiger partial charge in [0.15, 0.2) is 0 Å². The summed E-state index contributed by atoms with van der Waals surface area (Å²) in [5.41, 5.74) is 6.51. The van der Waals surface area contributed by atoms with Gasteiger partial charge < -0.3 is 10.6 Å². The zero-order chi connectivity index (χ0) is 14.9. The van der Waals surface area contributed by atoms with Gasteiger partial charge in [0.25, 0.3) is 11.6 Å². The minimum Gasteiger partial charge on any atom is -0.338 e. The maximum Gasteiger partial charge on any atom is 0.285 e. The molecule has 1 aliphatic heterocycles. The molecule has 2 rings (SSSR count). The Labute approximate surface area is 117 Å². The van der Waals surface area contributed by atoms with Crippen molar-refractivity contribution in [3.8, 4) is 0 Å². The third kappa shape index (κ3) is 2.65. The summed E-state index contributed by atoms with van der Waals surface area (Å²) in [7, 11) is 0. The Kier molecular flexibility index (Phi) is 4.04. The summed E-state index contributed by atoms with van der Waals surface area (Å²) >= 11 is 0. The average molecular weight is 277 g/mol. The average Bonchev–Trinajstić information content (AvgIpc) is 2.40. The van der Waals surface area contributed by atoms with E-state index in [1.807, 2.05) is 6.92 Å². The number of aryl methyl sites for hydroxylation is 1. The van der Waals surface area contributed by atoms with Crippen LogP contribution < -0.4 is 5.73 Å². The molecule has 0 radical (unpaired) electrons. The van der Waals surface area contributed by atoms with Gasteiger partial charge >= 0.3 is 0 Å². The van der Waals surface area contributed by atoms with Crippen molar-refractivity contribution < 1.29 is 9.72 Å². The molecule has 108 valence electrons. The van der Waals surface area contributed by atoms with Crippen molar-refractivity contribution in [1.29, 1.82) is 0 Å². The van der Waals surface area contributed by atoms with E-state index in [0.717, 1.165) is 6.42 Å². The fraction of sp³-hybridized carbons (Fsp3) is 0.500. The largest absolute Gasteiger partial charge is 0.338 e. The van der Waals surface area contributed by atoms with Crippen LogP contribution in [0.15, 0.2) is 18.2 Å². The number of nitrogens with two attached hydrogens (primary N) is 1. The molecule has 2 atom stereocenters. The number of piperidine rings is 1. The highest BCUT2D eigenvalue weighted by Gasteiger charge is 2.31. The number of nitrogens with zero attached hydrogens (tertiary/aromatic N) is 2. The molecule has 2 unspecified atom stereocenters. The molecule has 6 nitrogen and oxygen atoms in total. The van der Waals surface area contributed by atoms with Crippen LogP contribution >= 0.6 is 0 Å². The van der Waals surface area contributed by atoms with Gasteiger partial charge in [-0.15, -0.1) is 0 Å². The molecule has 0 saturated carbocycles. The molecule has 0 spiro atoms. The lowest BCUT2D eigenvalue weighted by atomic mass is 9.94. The van der Waals surface area contributed by atoms with Crippen molar-refractivity contribution >= 4 is 11.6 Å². The SMILES string of the molecule is Cc1cccc(C(=O)N2CCC(N)C(C)C2)c1[N+](=O)[O-]. The van der Waals surface area contributed by atoms with Crippen LogP contribution in [-0.4, -0.2) is 34.9 Å². The van der Waals surface area contributed by atoms with Gasteiger partial charge in [0, 0.05) is 24.7 Å². The van der Waals surface area contributed by atoms with Gasteiger partial charge in [0.2, 0.25) is 0 Å². The Morgan fingerprint density at radius 1 is 1.50 bits per heavy atom. The summed E-state index contributed by atoms with van der Waals surface area (Å²) < 4.78 is 0. The van der Waals surface area contributed by atoms with Gasteiger partial charge in [-0.1, -0.05) is 19.1 Å². The monoisotopic (exact) mass is 277 g/mol. The Balaban J connectivity index is 2.30. The lowest BCUT2D eigenvalue weighted by molar-refractivity contribution is -0.385. The van der Waals surface area contributed by atoms with Gasteiger partial charge in [-0.05, 0) is 25.3 Å². The van der Waals surface area contributed by atoms with E-state index in [1.165, 1.54) is 6.07 Å². The first-order valence-electron chi connectivity index (χ1n) is 6.70. The standard InChI is InChI=1S/C14H19N3O3/c1-9-4-3-5-11(13(9)17(19)20)14(18)16-7-6-12(15)10(2)8-16/h3-5,10,12H,6-8,15H2,1-2H3. The molecule has 2 N–H and O–H groups in total. The second kappa shape index (κ2) is 5.58. The summed E-state index contributed by atoms with van der Waals surface area (Å²) in [6, 6.07) is 4.93. The molecule has 1 aliphatic rings. The maximum atomic E-state index is 12.5. The number of carbonyl (C=O) groups is 1. The third-order valence-electron chi connectivity index (χ3n) is 3.91. The first-order valence-corrected chi connectivity index (χ1v) is 6.70. The zero-order valence-corrected chi connectivity index (χ0v) is 11.7. The predicted molar refractivity (Wildman–Crippen MR) is 75.5 cm³/mol. The Hall–Kier alpha value is -1.95. The van der Waals surface area contributed by atoms with E-state index in [1.54, 1.807) is 24.0 Å². The minimum atomic E-state index is -0.484. The molecular weight excluding hydrogens is 258 g/mol. The van der Waals surface area contributed by atoms with Crippen molar-refractivity contribution in [2.24, 2.45) is 11.7 Å². The molecule has 0 bridgehead atoms. The molecule has 1 fully saturated rings. The van der Waals surface area contributed by atoms with E-state index in [4.69, 9.17) is 5.73 Å². The predicted octanol–water partition coefficient (Wildman–Crippen LogP) is 1.71. The van der Waals surface area contributed by atoms with E-state index in [0.29, 0.717) is 18.7 Å². The highest BCUT2D eigenvalue weighted by atomic mass is 16.6. The molecule has 1 amide bonds. The molecule has 1 saturated heterocycles. The quantitative estimate of drug-likeness (QED) is 0.658. The lowest BCUT2D eigenvalue weighted by Crippen LogP contribution is -2.48. The molecule has 20 heavy (non-hydrogen) atoms.